The number of hydrogen-bond donors (Lipinski definition) is 1. The predicted molar refractivity (Wildman–Crippen MR) is 103 cm³/mol. The van der Waals surface area contributed by atoms with E-state index in [-0.39, 0.29) is 22.2 Å². The number of anilines is 1. The van der Waals surface area contributed by atoms with Crippen LogP contribution in [-0.4, -0.2) is 20.9 Å². The van der Waals surface area contributed by atoms with Gasteiger partial charge in [0, 0.05) is 5.56 Å². The van der Waals surface area contributed by atoms with Gasteiger partial charge in [0.05, 0.1) is 10.6 Å². The van der Waals surface area contributed by atoms with E-state index in [4.69, 9.17) is 0 Å². The third kappa shape index (κ3) is 4.92. The number of rotatable bonds is 6. The number of benzene rings is 3. The molecule has 0 aliphatic carbocycles. The van der Waals surface area contributed by atoms with E-state index in [1.165, 1.54) is 30.3 Å². The molecule has 0 unspecified atom stereocenters. The Bertz CT molecular complexity index is 1060. The molecule has 28 heavy (non-hydrogen) atoms. The highest BCUT2D eigenvalue weighted by Crippen LogP contribution is 2.26. The van der Waals surface area contributed by atoms with Crippen molar-refractivity contribution in [3.8, 4) is 5.75 Å². The highest BCUT2D eigenvalue weighted by molar-refractivity contribution is 7.90. The fraction of sp³-hybridized carbons (Fsp3) is 0.0500. The molecule has 0 amide bonds. The summed E-state index contributed by atoms with van der Waals surface area (Å²) in [4.78, 5) is 0.0161. The summed E-state index contributed by atoms with van der Waals surface area (Å²) >= 11 is 0. The average Bonchev–Trinajstić information content (AvgIpc) is 2.70. The Morgan fingerprint density at radius 3 is 2.07 bits per heavy atom. The molecule has 3 aromatic rings. The number of nitrogens with one attached hydrogen (secondary N) is 1. The Labute approximate surface area is 161 Å². The first-order chi connectivity index (χ1) is 13.5. The molecule has 0 aliphatic heterocycles. The first-order valence-corrected chi connectivity index (χ1v) is 9.66. The van der Waals surface area contributed by atoms with Crippen molar-refractivity contribution in [2.45, 2.75) is 11.5 Å². The van der Waals surface area contributed by atoms with Crippen LogP contribution in [-0.2, 0) is 10.0 Å². The zero-order valence-electron chi connectivity index (χ0n) is 14.5. The minimum Gasteiger partial charge on any atom is -0.433 e. The Balaban J connectivity index is 2.05. The molecular formula is C20H16F2N2O3S. The largest absolute Gasteiger partial charge is 0.433 e. The minimum atomic E-state index is -4.03. The van der Waals surface area contributed by atoms with Gasteiger partial charge in [0.15, 0.2) is 5.84 Å². The fourth-order valence-corrected chi connectivity index (χ4v) is 3.40. The number of ether oxygens (including phenoxy) is 1. The van der Waals surface area contributed by atoms with Crippen molar-refractivity contribution in [3.05, 3.63) is 90.5 Å². The minimum absolute atomic E-state index is 0.0161. The van der Waals surface area contributed by atoms with Gasteiger partial charge in [-0.25, -0.2) is 0 Å². The molecule has 3 aromatic carbocycles. The first kappa shape index (κ1) is 19.5. The molecule has 5 nitrogen and oxygen atoms in total. The smallest absolute Gasteiger partial charge is 0.387 e. The number of sulfonamides is 1. The standard InChI is InChI=1S/C20H16F2N2O3S/c21-20(22)27-18-14-8-7-13-17(18)23-19(15-9-3-1-4-10-15)24-28(25,26)16-11-5-2-6-12-16/h1-14,20H,(H,23,24). The maximum atomic E-state index is 12.7. The molecule has 0 saturated carbocycles. The van der Waals surface area contributed by atoms with Crippen LogP contribution in [0.5, 0.6) is 5.75 Å². The van der Waals surface area contributed by atoms with E-state index < -0.39 is 16.6 Å². The van der Waals surface area contributed by atoms with Gasteiger partial charge in [0.1, 0.15) is 5.75 Å². The SMILES string of the molecule is O=S(=O)(N=C(Nc1ccccc1OC(F)F)c1ccccc1)c1ccccc1. The van der Waals surface area contributed by atoms with Crippen molar-refractivity contribution in [1.29, 1.82) is 0 Å². The zero-order chi connectivity index (χ0) is 20.0. The average molecular weight is 402 g/mol. The Morgan fingerprint density at radius 1 is 0.857 bits per heavy atom. The molecule has 0 radical (unpaired) electrons. The van der Waals surface area contributed by atoms with Gasteiger partial charge >= 0.3 is 6.61 Å². The van der Waals surface area contributed by atoms with Crippen LogP contribution in [0.25, 0.3) is 0 Å². The van der Waals surface area contributed by atoms with Gasteiger partial charge in [0.2, 0.25) is 0 Å². The molecule has 8 heteroatoms. The van der Waals surface area contributed by atoms with Gasteiger partial charge in [-0.15, -0.1) is 4.40 Å². The van der Waals surface area contributed by atoms with Gasteiger partial charge in [-0.05, 0) is 24.3 Å². The summed E-state index contributed by atoms with van der Waals surface area (Å²) in [5.74, 6) is -0.145. The molecule has 3 rings (SSSR count). The zero-order valence-corrected chi connectivity index (χ0v) is 15.3. The maximum absolute atomic E-state index is 12.7. The third-order valence-electron chi connectivity index (χ3n) is 3.66. The summed E-state index contributed by atoms with van der Waals surface area (Å²) in [6.45, 7) is -3.02. The van der Waals surface area contributed by atoms with Crippen molar-refractivity contribution in [2.24, 2.45) is 4.40 Å². The lowest BCUT2D eigenvalue weighted by molar-refractivity contribution is -0.0493. The van der Waals surface area contributed by atoms with Gasteiger partial charge in [0.25, 0.3) is 10.0 Å². The van der Waals surface area contributed by atoms with Crippen LogP contribution in [0, 0.1) is 0 Å². The van der Waals surface area contributed by atoms with Crippen LogP contribution in [0.15, 0.2) is 94.2 Å². The van der Waals surface area contributed by atoms with Crippen LogP contribution in [0.4, 0.5) is 14.5 Å². The highest BCUT2D eigenvalue weighted by Gasteiger charge is 2.17. The van der Waals surface area contributed by atoms with Gasteiger partial charge in [-0.2, -0.15) is 17.2 Å². The van der Waals surface area contributed by atoms with Crippen molar-refractivity contribution >= 4 is 21.5 Å². The van der Waals surface area contributed by atoms with Crippen LogP contribution >= 0.6 is 0 Å². The molecule has 0 bridgehead atoms. The van der Waals surface area contributed by atoms with Crippen LogP contribution < -0.4 is 10.1 Å². The van der Waals surface area contributed by atoms with E-state index in [9.17, 15) is 17.2 Å². The molecule has 0 heterocycles. The quantitative estimate of drug-likeness (QED) is 0.486. The topological polar surface area (TPSA) is 67.8 Å². The molecule has 1 N–H and O–H groups in total. The summed E-state index contributed by atoms with van der Waals surface area (Å²) < 4.78 is 59.1. The van der Waals surface area contributed by atoms with Gasteiger partial charge in [-0.1, -0.05) is 60.7 Å². The van der Waals surface area contributed by atoms with Crippen molar-refractivity contribution in [2.75, 3.05) is 5.32 Å². The molecule has 0 saturated heterocycles. The molecule has 0 aliphatic rings. The van der Waals surface area contributed by atoms with E-state index in [0.29, 0.717) is 5.56 Å². The summed E-state index contributed by atoms with van der Waals surface area (Å²) in [6.07, 6.45) is 0. The lowest BCUT2D eigenvalue weighted by atomic mass is 10.2. The van der Waals surface area contributed by atoms with E-state index in [1.54, 1.807) is 54.6 Å². The second-order valence-corrected chi connectivity index (χ2v) is 7.20. The lowest BCUT2D eigenvalue weighted by Crippen LogP contribution is -2.17. The Kier molecular flexibility index (Phi) is 6.00. The Morgan fingerprint density at radius 2 is 1.43 bits per heavy atom. The molecule has 0 fully saturated rings. The predicted octanol–water partition coefficient (Wildman–Crippen LogP) is 4.54. The summed E-state index contributed by atoms with van der Waals surface area (Å²) in [7, 11) is -4.03. The fourth-order valence-electron chi connectivity index (χ4n) is 2.41. The normalized spacial score (nSPS) is 12.0. The number of hydrogen-bond acceptors (Lipinski definition) is 3. The van der Waals surface area contributed by atoms with Crippen molar-refractivity contribution in [1.82, 2.24) is 0 Å². The van der Waals surface area contributed by atoms with Gasteiger partial charge < -0.3 is 10.1 Å². The van der Waals surface area contributed by atoms with E-state index in [2.05, 4.69) is 14.5 Å². The molecule has 0 spiro atoms. The number of para-hydroxylation sites is 2. The molecular weight excluding hydrogens is 386 g/mol. The summed E-state index contributed by atoms with van der Waals surface area (Å²) in [5.41, 5.74) is 0.627. The number of amidine groups is 1. The summed E-state index contributed by atoms with van der Waals surface area (Å²) in [6, 6.07) is 22.2. The lowest BCUT2D eigenvalue weighted by Gasteiger charge is -2.14. The Hall–Kier alpha value is -3.26. The number of nitrogens with zero attached hydrogens (tertiary/aromatic N) is 1. The third-order valence-corrected chi connectivity index (χ3v) is 4.95. The monoisotopic (exact) mass is 402 g/mol. The highest BCUT2D eigenvalue weighted by atomic mass is 32.2. The molecule has 0 aromatic heterocycles. The first-order valence-electron chi connectivity index (χ1n) is 8.22. The van der Waals surface area contributed by atoms with Crippen LogP contribution in [0.1, 0.15) is 5.56 Å². The van der Waals surface area contributed by atoms with Gasteiger partial charge in [-0.3, -0.25) is 0 Å². The van der Waals surface area contributed by atoms with Crippen molar-refractivity contribution < 1.29 is 21.9 Å². The second kappa shape index (κ2) is 8.62. The van der Waals surface area contributed by atoms with Crippen LogP contribution in [0.2, 0.25) is 0 Å². The summed E-state index contributed by atoms with van der Waals surface area (Å²) in [5, 5.41) is 2.81. The number of alkyl halides is 2. The van der Waals surface area contributed by atoms with E-state index >= 15 is 0 Å². The van der Waals surface area contributed by atoms with Crippen molar-refractivity contribution in [3.63, 3.8) is 0 Å². The number of halogens is 2. The molecule has 144 valence electrons. The van der Waals surface area contributed by atoms with E-state index in [0.717, 1.165) is 0 Å². The maximum Gasteiger partial charge on any atom is 0.387 e. The van der Waals surface area contributed by atoms with Crippen LogP contribution in [0.3, 0.4) is 0 Å². The molecule has 0 atom stereocenters. The second-order valence-electron chi connectivity index (χ2n) is 5.59. The van der Waals surface area contributed by atoms with E-state index in [1.807, 2.05) is 0 Å².